The van der Waals surface area contributed by atoms with E-state index in [2.05, 4.69) is 9.97 Å². The Bertz CT molecular complexity index is 593. The number of nitrogen functional groups attached to an aromatic ring is 1. The molecule has 3 rings (SSSR count). The number of rotatable bonds is 1. The molecule has 84 valence electrons. The average molecular weight is 225 g/mol. The van der Waals surface area contributed by atoms with Crippen molar-refractivity contribution in [1.29, 1.82) is 0 Å². The minimum atomic E-state index is 0.110. The zero-order chi connectivity index (χ0) is 11.8. The molecule has 0 unspecified atom stereocenters. The van der Waals surface area contributed by atoms with Gasteiger partial charge in [0.05, 0.1) is 17.0 Å². The van der Waals surface area contributed by atoms with Crippen molar-refractivity contribution in [3.8, 4) is 11.3 Å². The molecule has 1 aliphatic rings. The summed E-state index contributed by atoms with van der Waals surface area (Å²) in [5.41, 5.74) is 8.68. The standard InChI is InChI=1S/C13H11N3O/c14-13-15-9-6-7-10(17)11(9)12(16-13)8-4-2-1-3-5-8/h1-5H,6-7H2,(H2,14,15,16). The fourth-order valence-corrected chi connectivity index (χ4v) is 2.16. The molecule has 0 bridgehead atoms. The molecule has 4 nitrogen and oxygen atoms in total. The highest BCUT2D eigenvalue weighted by Gasteiger charge is 2.26. The van der Waals surface area contributed by atoms with Crippen molar-refractivity contribution in [2.24, 2.45) is 0 Å². The van der Waals surface area contributed by atoms with Crippen molar-refractivity contribution in [3.05, 3.63) is 41.6 Å². The van der Waals surface area contributed by atoms with E-state index in [-0.39, 0.29) is 11.7 Å². The van der Waals surface area contributed by atoms with Gasteiger partial charge in [0.15, 0.2) is 5.78 Å². The summed E-state index contributed by atoms with van der Waals surface area (Å²) in [5, 5.41) is 0. The Kier molecular flexibility index (Phi) is 2.14. The van der Waals surface area contributed by atoms with Crippen molar-refractivity contribution in [2.75, 3.05) is 5.73 Å². The van der Waals surface area contributed by atoms with Gasteiger partial charge in [0.25, 0.3) is 0 Å². The van der Waals surface area contributed by atoms with Crippen LogP contribution in [0.3, 0.4) is 0 Å². The number of carbonyl (C=O) groups is 1. The SMILES string of the molecule is Nc1nc2c(c(-c3ccccc3)n1)C(=O)CC2. The van der Waals surface area contributed by atoms with Gasteiger partial charge in [-0.25, -0.2) is 9.97 Å². The molecule has 2 aromatic rings. The Morgan fingerprint density at radius 3 is 2.59 bits per heavy atom. The summed E-state index contributed by atoms with van der Waals surface area (Å²) in [6.07, 6.45) is 1.17. The van der Waals surface area contributed by atoms with Gasteiger partial charge in [-0.1, -0.05) is 30.3 Å². The topological polar surface area (TPSA) is 68.9 Å². The van der Waals surface area contributed by atoms with Crippen LogP contribution in [0.1, 0.15) is 22.5 Å². The van der Waals surface area contributed by atoms with E-state index in [4.69, 9.17) is 5.73 Å². The number of nitrogens with zero attached hydrogens (tertiary/aromatic N) is 2. The Morgan fingerprint density at radius 1 is 1.06 bits per heavy atom. The van der Waals surface area contributed by atoms with Gasteiger partial charge in [-0.15, -0.1) is 0 Å². The summed E-state index contributed by atoms with van der Waals surface area (Å²) in [7, 11) is 0. The van der Waals surface area contributed by atoms with Gasteiger partial charge in [-0.3, -0.25) is 4.79 Å². The lowest BCUT2D eigenvalue weighted by Gasteiger charge is -2.07. The van der Waals surface area contributed by atoms with Crippen LogP contribution in [0.25, 0.3) is 11.3 Å². The van der Waals surface area contributed by atoms with E-state index in [1.807, 2.05) is 30.3 Å². The van der Waals surface area contributed by atoms with Crippen LogP contribution in [0.4, 0.5) is 5.95 Å². The van der Waals surface area contributed by atoms with Crippen molar-refractivity contribution >= 4 is 11.7 Å². The van der Waals surface area contributed by atoms with Crippen LogP contribution in [0, 0.1) is 0 Å². The highest BCUT2D eigenvalue weighted by Crippen LogP contribution is 2.30. The molecule has 0 spiro atoms. The molecular weight excluding hydrogens is 214 g/mol. The second-order valence-electron chi connectivity index (χ2n) is 4.04. The Labute approximate surface area is 98.5 Å². The number of hydrogen-bond acceptors (Lipinski definition) is 4. The van der Waals surface area contributed by atoms with Gasteiger partial charge in [0.2, 0.25) is 5.95 Å². The van der Waals surface area contributed by atoms with Gasteiger partial charge in [-0.05, 0) is 6.42 Å². The predicted octanol–water partition coefficient (Wildman–Crippen LogP) is 1.85. The number of nitrogens with two attached hydrogens (primary N) is 1. The van der Waals surface area contributed by atoms with E-state index in [1.165, 1.54) is 0 Å². The lowest BCUT2D eigenvalue weighted by molar-refractivity contribution is 0.0995. The van der Waals surface area contributed by atoms with E-state index < -0.39 is 0 Å². The Morgan fingerprint density at radius 2 is 1.82 bits per heavy atom. The van der Waals surface area contributed by atoms with Crippen molar-refractivity contribution < 1.29 is 4.79 Å². The summed E-state index contributed by atoms with van der Waals surface area (Å²) in [6, 6.07) is 9.61. The van der Waals surface area contributed by atoms with Crippen LogP contribution in [-0.2, 0) is 6.42 Å². The number of aromatic nitrogens is 2. The van der Waals surface area contributed by atoms with Crippen LogP contribution in [-0.4, -0.2) is 15.8 Å². The number of fused-ring (bicyclic) bond motifs is 1. The number of aryl methyl sites for hydroxylation is 1. The zero-order valence-electron chi connectivity index (χ0n) is 9.18. The van der Waals surface area contributed by atoms with Crippen LogP contribution in [0.2, 0.25) is 0 Å². The molecule has 17 heavy (non-hydrogen) atoms. The zero-order valence-corrected chi connectivity index (χ0v) is 9.18. The largest absolute Gasteiger partial charge is 0.368 e. The third-order valence-electron chi connectivity index (χ3n) is 2.92. The molecule has 0 saturated carbocycles. The molecule has 4 heteroatoms. The van der Waals surface area contributed by atoms with Gasteiger partial charge < -0.3 is 5.73 Å². The quantitative estimate of drug-likeness (QED) is 0.804. The van der Waals surface area contributed by atoms with Crippen molar-refractivity contribution in [1.82, 2.24) is 9.97 Å². The lowest BCUT2D eigenvalue weighted by Crippen LogP contribution is -2.05. The van der Waals surface area contributed by atoms with E-state index in [0.29, 0.717) is 24.1 Å². The van der Waals surface area contributed by atoms with E-state index in [1.54, 1.807) is 0 Å². The second-order valence-corrected chi connectivity index (χ2v) is 4.04. The first-order valence-corrected chi connectivity index (χ1v) is 5.51. The first kappa shape index (κ1) is 9.96. The molecule has 0 fully saturated rings. The molecule has 1 aromatic heterocycles. The maximum absolute atomic E-state index is 11.9. The maximum atomic E-state index is 11.9. The molecule has 1 aliphatic carbocycles. The minimum Gasteiger partial charge on any atom is -0.368 e. The number of carbonyl (C=O) groups excluding carboxylic acids is 1. The van der Waals surface area contributed by atoms with Crippen LogP contribution < -0.4 is 5.73 Å². The van der Waals surface area contributed by atoms with Crippen molar-refractivity contribution in [2.45, 2.75) is 12.8 Å². The van der Waals surface area contributed by atoms with Gasteiger partial charge in [0.1, 0.15) is 0 Å². The fraction of sp³-hybridized carbons (Fsp3) is 0.154. The number of anilines is 1. The summed E-state index contributed by atoms with van der Waals surface area (Å²) in [6.45, 7) is 0. The third kappa shape index (κ3) is 1.58. The van der Waals surface area contributed by atoms with Crippen LogP contribution in [0.5, 0.6) is 0 Å². The predicted molar refractivity (Wildman–Crippen MR) is 64.5 cm³/mol. The monoisotopic (exact) mass is 225 g/mol. The molecular formula is C13H11N3O. The molecule has 1 aromatic carbocycles. The summed E-state index contributed by atoms with van der Waals surface area (Å²) in [4.78, 5) is 20.2. The van der Waals surface area contributed by atoms with Gasteiger partial charge in [-0.2, -0.15) is 0 Å². The third-order valence-corrected chi connectivity index (χ3v) is 2.92. The second kappa shape index (κ2) is 3.66. The molecule has 0 saturated heterocycles. The normalized spacial score (nSPS) is 13.8. The molecule has 0 radical (unpaired) electrons. The van der Waals surface area contributed by atoms with E-state index >= 15 is 0 Å². The summed E-state index contributed by atoms with van der Waals surface area (Å²) < 4.78 is 0. The Balaban J connectivity index is 2.27. The first-order chi connectivity index (χ1) is 8.25. The fourth-order valence-electron chi connectivity index (χ4n) is 2.16. The molecule has 2 N–H and O–H groups in total. The molecule has 0 aliphatic heterocycles. The number of hydrogen-bond donors (Lipinski definition) is 1. The molecule has 0 amide bonds. The highest BCUT2D eigenvalue weighted by molar-refractivity contribution is 6.05. The van der Waals surface area contributed by atoms with E-state index in [0.717, 1.165) is 11.3 Å². The lowest BCUT2D eigenvalue weighted by atomic mass is 10.0. The number of Topliss-reactive ketones (excluding diaryl/α,β-unsaturated/α-hetero) is 1. The summed E-state index contributed by atoms with van der Waals surface area (Å²) in [5.74, 6) is 0.344. The minimum absolute atomic E-state index is 0.110. The molecule has 1 heterocycles. The maximum Gasteiger partial charge on any atom is 0.220 e. The van der Waals surface area contributed by atoms with Crippen LogP contribution in [0.15, 0.2) is 30.3 Å². The Hall–Kier alpha value is -2.23. The summed E-state index contributed by atoms with van der Waals surface area (Å²) >= 11 is 0. The smallest absolute Gasteiger partial charge is 0.220 e. The van der Waals surface area contributed by atoms with Crippen LogP contribution >= 0.6 is 0 Å². The van der Waals surface area contributed by atoms with Crippen molar-refractivity contribution in [3.63, 3.8) is 0 Å². The number of benzene rings is 1. The highest BCUT2D eigenvalue weighted by atomic mass is 16.1. The first-order valence-electron chi connectivity index (χ1n) is 5.51. The number of ketones is 1. The average Bonchev–Trinajstić information content (AvgIpc) is 2.71. The van der Waals surface area contributed by atoms with E-state index in [9.17, 15) is 4.79 Å². The van der Waals surface area contributed by atoms with Gasteiger partial charge >= 0.3 is 0 Å². The van der Waals surface area contributed by atoms with Gasteiger partial charge in [0, 0.05) is 12.0 Å². The molecule has 0 atom stereocenters.